The maximum absolute atomic E-state index is 4.18. The van der Waals surface area contributed by atoms with Gasteiger partial charge in [0.2, 0.25) is 0 Å². The first-order valence-corrected chi connectivity index (χ1v) is 7.15. The molecule has 98 valence electrons. The zero-order valence-corrected chi connectivity index (χ0v) is 12.3. The lowest BCUT2D eigenvalue weighted by Gasteiger charge is -1.91. The molecule has 2 aromatic heterocycles. The Labute approximate surface area is 125 Å². The number of para-hydroxylation sites is 1. The van der Waals surface area contributed by atoms with Gasteiger partial charge in [0.05, 0.1) is 5.52 Å². The lowest BCUT2D eigenvalue weighted by Crippen LogP contribution is -1.73. The van der Waals surface area contributed by atoms with Crippen molar-refractivity contribution in [2.24, 2.45) is 0 Å². The van der Waals surface area contributed by atoms with Crippen molar-refractivity contribution in [3.63, 3.8) is 0 Å². The normalized spacial score (nSPS) is 10.2. The van der Waals surface area contributed by atoms with E-state index in [0.29, 0.717) is 0 Å². The number of aromatic amines is 1. The molecule has 4 rings (SSSR count). The van der Waals surface area contributed by atoms with E-state index in [4.69, 9.17) is 0 Å². The van der Waals surface area contributed by atoms with Gasteiger partial charge >= 0.3 is 0 Å². The fraction of sp³-hybridized carbons (Fsp3) is 0. The summed E-state index contributed by atoms with van der Waals surface area (Å²) in [5.41, 5.74) is 2.24. The molecule has 1 N–H and O–H groups in total. The van der Waals surface area contributed by atoms with E-state index in [0.717, 1.165) is 9.99 Å². The van der Waals surface area contributed by atoms with Crippen molar-refractivity contribution in [3.8, 4) is 0 Å². The number of hydrogen-bond acceptors (Lipinski definition) is 1. The summed E-state index contributed by atoms with van der Waals surface area (Å²) in [6.45, 7) is 0. The first-order chi connectivity index (χ1) is 9.84. The minimum absolute atomic E-state index is 1.06. The average Bonchev–Trinajstić information content (AvgIpc) is 2.98. The summed E-state index contributed by atoms with van der Waals surface area (Å²) in [5.74, 6) is 0. The van der Waals surface area contributed by atoms with Crippen LogP contribution < -0.4 is 0 Å². The van der Waals surface area contributed by atoms with Gasteiger partial charge in [-0.15, -0.1) is 0 Å². The Bertz CT molecular complexity index is 771. The van der Waals surface area contributed by atoms with Gasteiger partial charge < -0.3 is 4.98 Å². The molecule has 2 aromatic carbocycles. The number of rotatable bonds is 0. The van der Waals surface area contributed by atoms with Crippen LogP contribution in [0.4, 0.5) is 0 Å². The van der Waals surface area contributed by atoms with Crippen molar-refractivity contribution in [1.82, 2.24) is 9.97 Å². The van der Waals surface area contributed by atoms with Gasteiger partial charge in [0.15, 0.2) is 0 Å². The third kappa shape index (κ3) is 2.73. The number of nitrogens with one attached hydrogen (secondary N) is 1. The molecule has 0 bridgehead atoms. The molecule has 2 nitrogen and oxygen atoms in total. The molecule has 0 aliphatic carbocycles. The van der Waals surface area contributed by atoms with Crippen LogP contribution >= 0.6 is 15.9 Å². The van der Waals surface area contributed by atoms with Crippen LogP contribution in [0.2, 0.25) is 0 Å². The second-order valence-corrected chi connectivity index (χ2v) is 5.23. The summed E-state index contributed by atoms with van der Waals surface area (Å²) < 4.78 is 1.14. The smallest absolute Gasteiger partial charge is 0.0701 e. The highest BCUT2D eigenvalue weighted by Gasteiger charge is 1.95. The lowest BCUT2D eigenvalue weighted by molar-refractivity contribution is 1.41. The minimum atomic E-state index is 1.06. The highest BCUT2D eigenvalue weighted by Crippen LogP contribution is 2.21. The number of nitrogens with zero attached hydrogens (tertiary/aromatic N) is 1. The van der Waals surface area contributed by atoms with Crippen molar-refractivity contribution in [1.29, 1.82) is 0 Å². The van der Waals surface area contributed by atoms with E-state index in [9.17, 15) is 0 Å². The lowest BCUT2D eigenvalue weighted by atomic mass is 10.2. The Morgan fingerprint density at radius 3 is 2.55 bits per heavy atom. The van der Waals surface area contributed by atoms with Crippen molar-refractivity contribution >= 4 is 37.7 Å². The van der Waals surface area contributed by atoms with E-state index < -0.39 is 0 Å². The second-order valence-electron chi connectivity index (χ2n) is 4.37. The zero-order valence-electron chi connectivity index (χ0n) is 10.8. The van der Waals surface area contributed by atoms with E-state index >= 15 is 0 Å². The van der Waals surface area contributed by atoms with E-state index in [1.807, 2.05) is 48.8 Å². The van der Waals surface area contributed by atoms with Crippen LogP contribution in [-0.2, 0) is 0 Å². The molecule has 2 heterocycles. The van der Waals surface area contributed by atoms with Crippen LogP contribution in [-0.4, -0.2) is 9.97 Å². The van der Waals surface area contributed by atoms with Crippen molar-refractivity contribution in [2.75, 3.05) is 0 Å². The van der Waals surface area contributed by atoms with Gasteiger partial charge in [-0.25, -0.2) is 0 Å². The topological polar surface area (TPSA) is 28.7 Å². The first-order valence-electron chi connectivity index (χ1n) is 6.36. The van der Waals surface area contributed by atoms with E-state index in [2.05, 4.69) is 50.2 Å². The highest BCUT2D eigenvalue weighted by atomic mass is 79.9. The van der Waals surface area contributed by atoms with Gasteiger partial charge in [-0.2, -0.15) is 0 Å². The number of hydrogen-bond donors (Lipinski definition) is 1. The fourth-order valence-corrected chi connectivity index (χ4v) is 2.56. The molecule has 0 amide bonds. The van der Waals surface area contributed by atoms with E-state index in [-0.39, 0.29) is 0 Å². The van der Waals surface area contributed by atoms with Crippen LogP contribution in [0, 0.1) is 0 Å². The molecule has 3 heteroatoms. The third-order valence-corrected chi connectivity index (χ3v) is 3.75. The quantitative estimate of drug-likeness (QED) is 0.475. The predicted octanol–water partition coefficient (Wildman–Crippen LogP) is 5.17. The number of H-pyrrole nitrogens is 1. The fourth-order valence-electron chi connectivity index (χ4n) is 2.06. The molecule has 0 spiro atoms. The summed E-state index contributed by atoms with van der Waals surface area (Å²) in [7, 11) is 0. The van der Waals surface area contributed by atoms with Gasteiger partial charge in [-0.1, -0.05) is 46.3 Å². The average molecular weight is 325 g/mol. The molecule has 0 saturated heterocycles. The molecule has 0 unspecified atom stereocenters. The largest absolute Gasteiger partial charge is 0.361 e. The molecule has 0 fully saturated rings. The van der Waals surface area contributed by atoms with Gasteiger partial charge in [0.25, 0.3) is 0 Å². The molecule has 0 aliphatic rings. The SMILES string of the molecule is Brc1cccc2[nH]ccc12.c1ccc2ncccc2c1. The first kappa shape index (κ1) is 12.9. The number of fused-ring (bicyclic) bond motifs is 2. The molecule has 0 radical (unpaired) electrons. The maximum Gasteiger partial charge on any atom is 0.0701 e. The van der Waals surface area contributed by atoms with Gasteiger partial charge in [0.1, 0.15) is 0 Å². The second kappa shape index (κ2) is 5.88. The summed E-state index contributed by atoms with van der Waals surface area (Å²) in [4.78, 5) is 7.31. The van der Waals surface area contributed by atoms with Gasteiger partial charge in [-0.05, 0) is 30.3 Å². The van der Waals surface area contributed by atoms with E-state index in [1.54, 1.807) is 0 Å². The summed E-state index contributed by atoms with van der Waals surface area (Å²) in [6.07, 6.45) is 3.75. The van der Waals surface area contributed by atoms with Gasteiger partial charge in [0, 0.05) is 33.2 Å². The molecule has 4 aromatic rings. The van der Waals surface area contributed by atoms with Gasteiger partial charge in [-0.3, -0.25) is 4.98 Å². The Morgan fingerprint density at radius 1 is 0.850 bits per heavy atom. The number of benzene rings is 2. The summed E-state index contributed by atoms with van der Waals surface area (Å²) in [5, 5.41) is 2.44. The van der Waals surface area contributed by atoms with E-state index in [1.165, 1.54) is 16.3 Å². The zero-order chi connectivity index (χ0) is 13.8. The Balaban J connectivity index is 0.000000121. The predicted molar refractivity (Wildman–Crippen MR) is 87.7 cm³/mol. The Kier molecular flexibility index (Phi) is 3.79. The van der Waals surface area contributed by atoms with Crippen LogP contribution in [0.3, 0.4) is 0 Å². The molecular formula is C17H13BrN2. The number of pyridine rings is 1. The molecular weight excluding hydrogens is 312 g/mol. The van der Waals surface area contributed by atoms with Crippen LogP contribution in [0.1, 0.15) is 0 Å². The van der Waals surface area contributed by atoms with Crippen molar-refractivity contribution < 1.29 is 0 Å². The number of halogens is 1. The van der Waals surface area contributed by atoms with Crippen molar-refractivity contribution in [3.05, 3.63) is 77.5 Å². The third-order valence-electron chi connectivity index (χ3n) is 3.05. The monoisotopic (exact) mass is 324 g/mol. The van der Waals surface area contributed by atoms with Crippen LogP contribution in [0.5, 0.6) is 0 Å². The summed E-state index contributed by atoms with van der Waals surface area (Å²) >= 11 is 3.46. The standard InChI is InChI=1S/C9H7N.C8H6BrN/c1-2-6-9-8(4-1)5-3-7-10-9;9-7-2-1-3-8-6(7)4-5-10-8/h1-7H;1-5,10H. The van der Waals surface area contributed by atoms with Crippen LogP contribution in [0.25, 0.3) is 21.8 Å². The summed E-state index contributed by atoms with van der Waals surface area (Å²) in [6, 6.07) is 20.3. The Morgan fingerprint density at radius 2 is 1.70 bits per heavy atom. The molecule has 0 aliphatic heterocycles. The highest BCUT2D eigenvalue weighted by molar-refractivity contribution is 9.10. The molecule has 20 heavy (non-hydrogen) atoms. The minimum Gasteiger partial charge on any atom is -0.361 e. The molecule has 0 atom stereocenters. The number of aromatic nitrogens is 2. The van der Waals surface area contributed by atoms with Crippen LogP contribution in [0.15, 0.2) is 77.5 Å². The molecule has 0 saturated carbocycles. The Hall–Kier alpha value is -2.13. The van der Waals surface area contributed by atoms with Crippen molar-refractivity contribution in [2.45, 2.75) is 0 Å². The maximum atomic E-state index is 4.18.